The highest BCUT2D eigenvalue weighted by atomic mass is 79.9. The first-order chi connectivity index (χ1) is 10.1. The molecule has 3 heterocycles. The standard InChI is InChI=1S/C16H19BrN4/c1-11(2)16-19-8-13-10-21(6-5-14(13)20-16)9-12-3-4-15(17)18-7-12/h3-4,7-8,11H,5-6,9-10H2,1-2H3. The third-order valence-electron chi connectivity index (χ3n) is 3.74. The molecule has 0 spiro atoms. The summed E-state index contributed by atoms with van der Waals surface area (Å²) in [4.78, 5) is 15.9. The SMILES string of the molecule is CC(C)c1ncc2c(n1)CCN(Cc1ccc(Br)nc1)C2. The molecule has 0 unspecified atom stereocenters. The van der Waals surface area contributed by atoms with Gasteiger partial charge in [-0.1, -0.05) is 19.9 Å². The number of pyridine rings is 1. The number of hydrogen-bond acceptors (Lipinski definition) is 4. The first kappa shape index (κ1) is 14.6. The summed E-state index contributed by atoms with van der Waals surface area (Å²) in [7, 11) is 0. The van der Waals surface area contributed by atoms with Gasteiger partial charge in [0.2, 0.25) is 0 Å². The zero-order chi connectivity index (χ0) is 14.8. The molecular weight excluding hydrogens is 328 g/mol. The van der Waals surface area contributed by atoms with Crippen LogP contribution in [0.2, 0.25) is 0 Å². The monoisotopic (exact) mass is 346 g/mol. The van der Waals surface area contributed by atoms with E-state index in [4.69, 9.17) is 4.98 Å². The van der Waals surface area contributed by atoms with Crippen LogP contribution in [0.1, 0.15) is 42.4 Å². The Kier molecular flexibility index (Phi) is 4.31. The summed E-state index contributed by atoms with van der Waals surface area (Å²) in [5.41, 5.74) is 3.72. The second-order valence-corrected chi connectivity index (χ2v) is 6.62. The van der Waals surface area contributed by atoms with Crippen molar-refractivity contribution >= 4 is 15.9 Å². The smallest absolute Gasteiger partial charge is 0.131 e. The molecule has 1 aliphatic heterocycles. The van der Waals surface area contributed by atoms with Crippen LogP contribution in [0.25, 0.3) is 0 Å². The molecule has 2 aromatic heterocycles. The van der Waals surface area contributed by atoms with Gasteiger partial charge in [-0.05, 0) is 27.6 Å². The highest BCUT2D eigenvalue weighted by Crippen LogP contribution is 2.20. The Morgan fingerprint density at radius 2 is 2.10 bits per heavy atom. The number of nitrogens with zero attached hydrogens (tertiary/aromatic N) is 4. The first-order valence-electron chi connectivity index (χ1n) is 7.29. The minimum absolute atomic E-state index is 0.391. The third-order valence-corrected chi connectivity index (χ3v) is 4.21. The molecule has 0 N–H and O–H groups in total. The maximum absolute atomic E-state index is 4.71. The van der Waals surface area contributed by atoms with Gasteiger partial charge in [-0.15, -0.1) is 0 Å². The normalized spacial score (nSPS) is 15.2. The van der Waals surface area contributed by atoms with Gasteiger partial charge in [-0.3, -0.25) is 4.90 Å². The van der Waals surface area contributed by atoms with Crippen LogP contribution in [0, 0.1) is 0 Å². The molecule has 0 bridgehead atoms. The Morgan fingerprint density at radius 1 is 1.24 bits per heavy atom. The number of halogens is 1. The second-order valence-electron chi connectivity index (χ2n) is 5.80. The van der Waals surface area contributed by atoms with Crippen molar-refractivity contribution < 1.29 is 0 Å². The van der Waals surface area contributed by atoms with E-state index in [-0.39, 0.29) is 0 Å². The average Bonchev–Trinajstić information content (AvgIpc) is 2.49. The molecule has 5 heteroatoms. The summed E-state index contributed by atoms with van der Waals surface area (Å²) in [5, 5.41) is 0. The van der Waals surface area contributed by atoms with Gasteiger partial charge in [0.1, 0.15) is 10.4 Å². The Morgan fingerprint density at radius 3 is 2.81 bits per heavy atom. The maximum Gasteiger partial charge on any atom is 0.131 e. The van der Waals surface area contributed by atoms with Crippen molar-refractivity contribution in [3.63, 3.8) is 0 Å². The lowest BCUT2D eigenvalue weighted by Gasteiger charge is -2.28. The Balaban J connectivity index is 1.71. The zero-order valence-corrected chi connectivity index (χ0v) is 14.0. The summed E-state index contributed by atoms with van der Waals surface area (Å²) in [6.07, 6.45) is 4.93. The molecule has 0 atom stereocenters. The van der Waals surface area contributed by atoms with Gasteiger partial charge in [-0.25, -0.2) is 15.0 Å². The molecule has 0 saturated carbocycles. The van der Waals surface area contributed by atoms with Crippen molar-refractivity contribution in [1.82, 2.24) is 19.9 Å². The molecule has 0 saturated heterocycles. The minimum atomic E-state index is 0.391. The van der Waals surface area contributed by atoms with Crippen LogP contribution in [0.4, 0.5) is 0 Å². The second kappa shape index (κ2) is 6.20. The molecule has 0 amide bonds. The topological polar surface area (TPSA) is 41.9 Å². The molecule has 110 valence electrons. The van der Waals surface area contributed by atoms with Crippen LogP contribution >= 0.6 is 15.9 Å². The van der Waals surface area contributed by atoms with Crippen molar-refractivity contribution in [2.75, 3.05) is 6.54 Å². The summed E-state index contributed by atoms with van der Waals surface area (Å²) in [5.74, 6) is 1.35. The van der Waals surface area contributed by atoms with Crippen LogP contribution < -0.4 is 0 Å². The van der Waals surface area contributed by atoms with Gasteiger partial charge in [0.15, 0.2) is 0 Å². The predicted octanol–water partition coefficient (Wildman–Crippen LogP) is 3.32. The zero-order valence-electron chi connectivity index (χ0n) is 12.4. The predicted molar refractivity (Wildman–Crippen MR) is 85.9 cm³/mol. The van der Waals surface area contributed by atoms with E-state index < -0.39 is 0 Å². The molecule has 0 radical (unpaired) electrons. The first-order valence-corrected chi connectivity index (χ1v) is 8.08. The van der Waals surface area contributed by atoms with Crippen LogP contribution in [-0.4, -0.2) is 26.4 Å². The van der Waals surface area contributed by atoms with Crippen LogP contribution in [-0.2, 0) is 19.5 Å². The molecule has 0 aromatic carbocycles. The molecule has 3 rings (SSSR count). The van der Waals surface area contributed by atoms with E-state index in [1.54, 1.807) is 0 Å². The van der Waals surface area contributed by atoms with E-state index >= 15 is 0 Å². The van der Waals surface area contributed by atoms with Crippen LogP contribution in [0.3, 0.4) is 0 Å². The van der Waals surface area contributed by atoms with Crippen molar-refractivity contribution in [1.29, 1.82) is 0 Å². The van der Waals surface area contributed by atoms with Gasteiger partial charge >= 0.3 is 0 Å². The fraction of sp³-hybridized carbons (Fsp3) is 0.438. The van der Waals surface area contributed by atoms with Gasteiger partial charge in [-0.2, -0.15) is 0 Å². The lowest BCUT2D eigenvalue weighted by atomic mass is 10.1. The van der Waals surface area contributed by atoms with Gasteiger partial charge in [0.25, 0.3) is 0 Å². The molecule has 0 aliphatic carbocycles. The van der Waals surface area contributed by atoms with E-state index in [0.717, 1.165) is 36.5 Å². The van der Waals surface area contributed by atoms with Crippen LogP contribution in [0.15, 0.2) is 29.1 Å². The van der Waals surface area contributed by atoms with Crippen molar-refractivity contribution in [3.8, 4) is 0 Å². The van der Waals surface area contributed by atoms with E-state index in [1.165, 1.54) is 16.8 Å². The molecule has 4 nitrogen and oxygen atoms in total. The van der Waals surface area contributed by atoms with Gasteiger partial charge < -0.3 is 0 Å². The fourth-order valence-corrected chi connectivity index (χ4v) is 2.80. The highest BCUT2D eigenvalue weighted by molar-refractivity contribution is 9.10. The van der Waals surface area contributed by atoms with Crippen molar-refractivity contribution in [3.05, 3.63) is 51.8 Å². The van der Waals surface area contributed by atoms with Gasteiger partial charge in [0, 0.05) is 55.6 Å². The van der Waals surface area contributed by atoms with E-state index in [9.17, 15) is 0 Å². The van der Waals surface area contributed by atoms with Crippen molar-refractivity contribution in [2.45, 2.75) is 39.3 Å². The summed E-state index contributed by atoms with van der Waals surface area (Å²) in [6.45, 7) is 7.15. The number of aromatic nitrogens is 3. The van der Waals surface area contributed by atoms with E-state index in [2.05, 4.69) is 50.7 Å². The Hall–Kier alpha value is -1.33. The van der Waals surface area contributed by atoms with Crippen molar-refractivity contribution in [2.24, 2.45) is 0 Å². The Labute approximate surface area is 133 Å². The molecule has 2 aromatic rings. The molecule has 21 heavy (non-hydrogen) atoms. The molecular formula is C16H19BrN4. The number of fused-ring (bicyclic) bond motifs is 1. The number of hydrogen-bond donors (Lipinski definition) is 0. The third kappa shape index (κ3) is 3.47. The fourth-order valence-electron chi connectivity index (χ4n) is 2.56. The average molecular weight is 347 g/mol. The largest absolute Gasteiger partial charge is 0.294 e. The quantitative estimate of drug-likeness (QED) is 0.799. The van der Waals surface area contributed by atoms with E-state index in [1.807, 2.05) is 18.5 Å². The lowest BCUT2D eigenvalue weighted by molar-refractivity contribution is 0.242. The molecule has 1 aliphatic rings. The summed E-state index contributed by atoms with van der Waals surface area (Å²) >= 11 is 3.37. The summed E-state index contributed by atoms with van der Waals surface area (Å²) in [6, 6.07) is 4.11. The maximum atomic E-state index is 4.71. The summed E-state index contributed by atoms with van der Waals surface area (Å²) < 4.78 is 0.879. The Bertz CT molecular complexity index is 625. The van der Waals surface area contributed by atoms with Gasteiger partial charge in [0.05, 0.1) is 0 Å². The number of rotatable bonds is 3. The molecule has 0 fully saturated rings. The van der Waals surface area contributed by atoms with Crippen LogP contribution in [0.5, 0.6) is 0 Å². The highest BCUT2D eigenvalue weighted by Gasteiger charge is 2.19. The lowest BCUT2D eigenvalue weighted by Crippen LogP contribution is -2.31. The minimum Gasteiger partial charge on any atom is -0.294 e. The van der Waals surface area contributed by atoms with E-state index in [0.29, 0.717) is 5.92 Å².